The van der Waals surface area contributed by atoms with Gasteiger partial charge in [0, 0.05) is 61.9 Å². The standard InChI is InChI=1S/C25H29N3O2S.C22H25F3N4O5S/c1-17(2)14-22-21-16-28(15-19-10-6-9-18-8-4-5-11-20(18)19)25(31-13-7-12-29)23(21)24(30)27(3)26-22;1-10(2)29-19-15(17(30)27(5)20(29)32)14(18(31)28-8-21(4,33)9-34-28)13(35-19)6-12-11(3)7-26-16(12)22(23,24)25/h4-6,8-11,16-17,29H,7,12-15H2,1-3H3;10,33H,6-9H2,1-5H3/t;21-/m.0/s1. The van der Waals surface area contributed by atoms with E-state index in [4.69, 9.17) is 4.84 Å². The van der Waals surface area contributed by atoms with Crippen LogP contribution in [-0.2, 0) is 38.3 Å². The molecule has 2 aromatic carbocycles. The predicted octanol–water partition coefficient (Wildman–Crippen LogP) is 6.97. The second-order valence-corrected chi connectivity index (χ2v) is 20.0. The summed E-state index contributed by atoms with van der Waals surface area (Å²) in [6.07, 6.45) is -1.37. The molecule has 0 spiro atoms. The number of carbonyl (C=O) groups excluding carboxylic acids is 1. The summed E-state index contributed by atoms with van der Waals surface area (Å²) in [6.45, 7) is 11.2. The lowest BCUT2D eigenvalue weighted by atomic mass is 9.99. The number of carbonyl (C=O) groups is 1. The lowest BCUT2D eigenvalue weighted by molar-refractivity contribution is -0.0796. The summed E-state index contributed by atoms with van der Waals surface area (Å²) in [5, 5.41) is 30.1. The minimum absolute atomic E-state index is 0.0642. The number of alkyl halides is 3. The monoisotopic (exact) mass is 949 g/mol. The number of allylic oxidation sites excluding steroid dienone is 1. The number of aryl methyl sites for hydroxylation is 1. The van der Waals surface area contributed by atoms with Crippen molar-refractivity contribution in [1.29, 1.82) is 0 Å². The summed E-state index contributed by atoms with van der Waals surface area (Å²) < 4.78 is 46.8. The van der Waals surface area contributed by atoms with E-state index in [-0.39, 0.29) is 64.5 Å². The highest BCUT2D eigenvalue weighted by Gasteiger charge is 2.43. The van der Waals surface area contributed by atoms with Crippen LogP contribution in [0.3, 0.4) is 0 Å². The highest BCUT2D eigenvalue weighted by atomic mass is 32.2. The van der Waals surface area contributed by atoms with Crippen molar-refractivity contribution in [2.45, 2.75) is 90.2 Å². The van der Waals surface area contributed by atoms with Crippen LogP contribution in [-0.4, -0.2) is 94.2 Å². The fourth-order valence-electron chi connectivity index (χ4n) is 8.32. The lowest BCUT2D eigenvalue weighted by Crippen LogP contribution is -2.39. The number of fused-ring (bicyclic) bond motifs is 3. The van der Waals surface area contributed by atoms with Crippen LogP contribution in [0.4, 0.5) is 13.2 Å². The highest BCUT2D eigenvalue weighted by molar-refractivity contribution is 7.99. The Bertz CT molecular complexity index is 3100. The Labute approximate surface area is 386 Å². The first-order valence-corrected chi connectivity index (χ1v) is 23.5. The Kier molecular flexibility index (Phi) is 14.1. The van der Waals surface area contributed by atoms with Gasteiger partial charge < -0.3 is 14.8 Å². The molecular formula is C47H54F3N7O7S2. The van der Waals surface area contributed by atoms with Gasteiger partial charge in [-0.1, -0.05) is 56.3 Å². The molecule has 2 aliphatic rings. The van der Waals surface area contributed by atoms with E-state index in [2.05, 4.69) is 77.2 Å². The van der Waals surface area contributed by atoms with Gasteiger partial charge in [0.2, 0.25) is 0 Å². The summed E-state index contributed by atoms with van der Waals surface area (Å²) in [5.41, 5.74) is -1.35. The summed E-state index contributed by atoms with van der Waals surface area (Å²) in [5.74, 6) is 0.438. The van der Waals surface area contributed by atoms with Crippen LogP contribution >= 0.6 is 23.1 Å². The van der Waals surface area contributed by atoms with Crippen LogP contribution < -0.4 is 16.8 Å². The van der Waals surface area contributed by atoms with Gasteiger partial charge in [-0.15, -0.1) is 23.1 Å². The van der Waals surface area contributed by atoms with Crippen molar-refractivity contribution in [3.63, 3.8) is 0 Å². The van der Waals surface area contributed by atoms with Crippen LogP contribution in [0.25, 0.3) is 31.8 Å². The average Bonchev–Trinajstić information content (AvgIpc) is 4.02. The molecule has 0 saturated carbocycles. The Morgan fingerprint density at radius 1 is 1.02 bits per heavy atom. The number of β-amino-alcohol motifs (C(OH)–C–C–N with tert-alkyl or cyclic N) is 1. The van der Waals surface area contributed by atoms with Gasteiger partial charge in [0.25, 0.3) is 17.0 Å². The molecule has 6 heterocycles. The van der Waals surface area contributed by atoms with Crippen LogP contribution in [0.15, 0.2) is 84.2 Å². The SMILES string of the molecule is CC(C)Cc1nn(C)c(=O)c2c(SCCCO)n(Cc3cccc4ccccc34)cc12.CC1=C(Cc2sc3c(c2C(=O)N2C[C@](C)(O)CO2)c(=O)n(C)c(=O)n3C(C)C)C(C(F)(F)F)=NC1. The van der Waals surface area contributed by atoms with E-state index >= 15 is 0 Å². The second-order valence-electron chi connectivity index (χ2n) is 17.8. The molecule has 4 aromatic heterocycles. The molecule has 1 saturated heterocycles. The number of halogens is 3. The maximum Gasteiger partial charge on any atom is 0.433 e. The third kappa shape index (κ3) is 9.58. The molecule has 66 heavy (non-hydrogen) atoms. The minimum Gasteiger partial charge on any atom is -0.396 e. The number of hydroxylamine groups is 2. The first-order valence-electron chi connectivity index (χ1n) is 21.7. The molecule has 2 aliphatic heterocycles. The molecule has 14 nitrogen and oxygen atoms in total. The van der Waals surface area contributed by atoms with Gasteiger partial charge in [-0.3, -0.25) is 33.3 Å². The number of aliphatic imine (C=N–C) groups is 1. The van der Waals surface area contributed by atoms with Crippen molar-refractivity contribution in [2.24, 2.45) is 25.0 Å². The van der Waals surface area contributed by atoms with Crippen LogP contribution in [0, 0.1) is 5.92 Å². The van der Waals surface area contributed by atoms with Crippen molar-refractivity contribution < 1.29 is 33.0 Å². The van der Waals surface area contributed by atoms with Crippen molar-refractivity contribution in [2.75, 3.05) is 32.1 Å². The van der Waals surface area contributed by atoms with Crippen LogP contribution in [0.5, 0.6) is 0 Å². The molecule has 1 fully saturated rings. The number of thioether (sulfide) groups is 1. The van der Waals surface area contributed by atoms with Crippen molar-refractivity contribution in [3.05, 3.63) is 113 Å². The Morgan fingerprint density at radius 3 is 2.38 bits per heavy atom. The number of thiophene rings is 1. The topological polar surface area (TPSA) is 166 Å². The molecule has 0 unspecified atom stereocenters. The number of amides is 1. The van der Waals surface area contributed by atoms with Crippen LogP contribution in [0.2, 0.25) is 0 Å². The fraction of sp³-hybridized carbons (Fsp3) is 0.447. The zero-order valence-corrected chi connectivity index (χ0v) is 39.8. The molecule has 19 heteroatoms. The first-order chi connectivity index (χ1) is 31.1. The Balaban J connectivity index is 0.000000198. The number of aliphatic hydroxyl groups is 2. The van der Waals surface area contributed by atoms with Gasteiger partial charge in [-0.2, -0.15) is 18.3 Å². The minimum atomic E-state index is -4.68. The quantitative estimate of drug-likeness (QED) is 0.0974. The average molecular weight is 950 g/mol. The highest BCUT2D eigenvalue weighted by Crippen LogP contribution is 2.38. The lowest BCUT2D eigenvalue weighted by Gasteiger charge is -2.17. The largest absolute Gasteiger partial charge is 0.433 e. The second kappa shape index (κ2) is 19.1. The number of rotatable bonds is 12. The number of aromatic nitrogens is 5. The molecule has 1 atom stereocenters. The fourth-order valence-corrected chi connectivity index (χ4v) is 10.8. The van der Waals surface area contributed by atoms with E-state index in [1.54, 1.807) is 32.7 Å². The molecule has 0 radical (unpaired) electrons. The number of aliphatic hydroxyl groups excluding tert-OH is 1. The zero-order valence-electron chi connectivity index (χ0n) is 38.2. The summed E-state index contributed by atoms with van der Waals surface area (Å²) in [7, 11) is 3.01. The first kappa shape index (κ1) is 48.6. The van der Waals surface area contributed by atoms with E-state index in [0.29, 0.717) is 24.5 Å². The molecular weight excluding hydrogens is 896 g/mol. The maximum absolute atomic E-state index is 13.6. The molecule has 1 amide bonds. The van der Waals surface area contributed by atoms with Gasteiger partial charge in [0.1, 0.15) is 22.8 Å². The van der Waals surface area contributed by atoms with Gasteiger partial charge in [0.15, 0.2) is 0 Å². The van der Waals surface area contributed by atoms with Gasteiger partial charge in [-0.05, 0) is 73.9 Å². The Morgan fingerprint density at radius 2 is 1.73 bits per heavy atom. The van der Waals surface area contributed by atoms with E-state index < -0.39 is 40.7 Å². The molecule has 0 aliphatic carbocycles. The van der Waals surface area contributed by atoms with Crippen molar-refractivity contribution in [3.8, 4) is 0 Å². The number of hydrogen-bond donors (Lipinski definition) is 2. The zero-order chi connectivity index (χ0) is 48.0. The Hall–Kier alpha value is -5.34. The smallest absolute Gasteiger partial charge is 0.396 e. The number of nitrogens with zero attached hydrogens (tertiary/aromatic N) is 7. The van der Waals surface area contributed by atoms with E-state index in [1.165, 1.54) is 46.5 Å². The van der Waals surface area contributed by atoms with Gasteiger partial charge >= 0.3 is 11.9 Å². The van der Waals surface area contributed by atoms with Gasteiger partial charge in [-0.25, -0.2) is 14.5 Å². The number of hydrogen-bond acceptors (Lipinski definition) is 11. The normalized spacial score (nSPS) is 16.7. The van der Waals surface area contributed by atoms with Crippen molar-refractivity contribution >= 4 is 66.5 Å². The summed E-state index contributed by atoms with van der Waals surface area (Å²) in [6, 6.07) is 14.4. The molecule has 2 N–H and O–H groups in total. The predicted molar refractivity (Wildman–Crippen MR) is 253 cm³/mol. The van der Waals surface area contributed by atoms with E-state index in [1.807, 2.05) is 0 Å². The third-order valence-electron chi connectivity index (χ3n) is 11.5. The van der Waals surface area contributed by atoms with Gasteiger partial charge in [0.05, 0.1) is 40.1 Å². The maximum atomic E-state index is 13.6. The molecule has 6 aromatic rings. The summed E-state index contributed by atoms with van der Waals surface area (Å²) >= 11 is 2.58. The summed E-state index contributed by atoms with van der Waals surface area (Å²) in [4.78, 5) is 62.1. The molecule has 352 valence electrons. The van der Waals surface area contributed by atoms with Crippen LogP contribution in [0.1, 0.15) is 80.5 Å². The molecule has 0 bridgehead atoms. The number of benzene rings is 2. The third-order valence-corrected chi connectivity index (χ3v) is 13.9. The van der Waals surface area contributed by atoms with E-state index in [9.17, 15) is 42.6 Å². The van der Waals surface area contributed by atoms with E-state index in [0.717, 1.165) is 54.6 Å². The molecule has 8 rings (SSSR count). The van der Waals surface area contributed by atoms with Crippen molar-refractivity contribution in [1.82, 2.24) is 28.5 Å².